The summed E-state index contributed by atoms with van der Waals surface area (Å²) in [6, 6.07) is 16.3. The Kier molecular flexibility index (Phi) is 5.21. The fourth-order valence-electron chi connectivity index (χ4n) is 3.09. The number of nitrogens with one attached hydrogen (secondary N) is 1. The molecule has 0 saturated heterocycles. The van der Waals surface area contributed by atoms with E-state index in [1.54, 1.807) is 23.5 Å². The van der Waals surface area contributed by atoms with E-state index in [2.05, 4.69) is 10.3 Å². The van der Waals surface area contributed by atoms with Crippen LogP contribution >= 0.6 is 11.3 Å². The lowest BCUT2D eigenvalue weighted by atomic mass is 10.1. The van der Waals surface area contributed by atoms with Crippen LogP contribution < -0.4 is 5.32 Å². The molecule has 28 heavy (non-hydrogen) atoms. The van der Waals surface area contributed by atoms with E-state index in [1.807, 2.05) is 47.9 Å². The first-order valence-electron chi connectivity index (χ1n) is 9.14. The van der Waals surface area contributed by atoms with Gasteiger partial charge in [-0.1, -0.05) is 41.7 Å². The third-order valence-corrected chi connectivity index (χ3v) is 5.88. The van der Waals surface area contributed by atoms with Gasteiger partial charge in [0.2, 0.25) is 5.91 Å². The molecule has 0 bridgehead atoms. The maximum absolute atomic E-state index is 13.1. The maximum Gasteiger partial charge on any atom is 0.220 e. The molecule has 1 N–H and O–H groups in total. The van der Waals surface area contributed by atoms with Crippen molar-refractivity contribution in [1.82, 2.24) is 14.7 Å². The summed E-state index contributed by atoms with van der Waals surface area (Å²) in [7, 11) is 0. The third kappa shape index (κ3) is 3.97. The highest BCUT2D eigenvalue weighted by molar-refractivity contribution is 7.17. The summed E-state index contributed by atoms with van der Waals surface area (Å²) >= 11 is 1.56. The van der Waals surface area contributed by atoms with Crippen molar-refractivity contribution in [2.45, 2.75) is 26.3 Å². The molecule has 4 aromatic rings. The van der Waals surface area contributed by atoms with Crippen molar-refractivity contribution >= 4 is 22.2 Å². The molecule has 0 fully saturated rings. The summed E-state index contributed by atoms with van der Waals surface area (Å²) in [5.74, 6) is -0.215. The van der Waals surface area contributed by atoms with Crippen molar-refractivity contribution in [3.8, 4) is 11.3 Å². The number of amides is 1. The molecule has 2 aromatic heterocycles. The number of thiazole rings is 1. The minimum atomic E-state index is -0.258. The number of carbonyl (C=O) groups excluding carboxylic acids is 1. The number of hydrogen-bond acceptors (Lipinski definition) is 3. The standard InChI is InChI=1S/C22H20FN3OS/c1-15-20(13-24-21(27)12-7-16-5-3-2-4-6-16)28-22-25-19(14-26(15)22)17-8-10-18(23)11-9-17/h2-6,8-11,14H,7,12-13H2,1H3,(H,24,27). The zero-order chi connectivity index (χ0) is 19.5. The van der Waals surface area contributed by atoms with Crippen LogP contribution in [0.1, 0.15) is 22.6 Å². The number of fused-ring (bicyclic) bond motifs is 1. The molecule has 0 aliphatic carbocycles. The first-order chi connectivity index (χ1) is 13.6. The molecule has 2 aromatic carbocycles. The molecule has 0 saturated carbocycles. The highest BCUT2D eigenvalue weighted by atomic mass is 32.1. The largest absolute Gasteiger partial charge is 0.351 e. The quantitative estimate of drug-likeness (QED) is 0.513. The van der Waals surface area contributed by atoms with Crippen LogP contribution in [0.4, 0.5) is 4.39 Å². The fraction of sp³-hybridized carbons (Fsp3) is 0.182. The highest BCUT2D eigenvalue weighted by Crippen LogP contribution is 2.27. The summed E-state index contributed by atoms with van der Waals surface area (Å²) in [5, 5.41) is 3.00. The van der Waals surface area contributed by atoms with Crippen LogP contribution in [-0.4, -0.2) is 15.3 Å². The van der Waals surface area contributed by atoms with Crippen molar-refractivity contribution < 1.29 is 9.18 Å². The van der Waals surface area contributed by atoms with Gasteiger partial charge in [-0.15, -0.1) is 0 Å². The number of carbonyl (C=O) groups is 1. The van der Waals surface area contributed by atoms with Crippen molar-refractivity contribution in [3.63, 3.8) is 0 Å². The second kappa shape index (κ2) is 7.94. The van der Waals surface area contributed by atoms with Crippen molar-refractivity contribution in [3.05, 3.63) is 82.7 Å². The van der Waals surface area contributed by atoms with Crippen LogP contribution in [0.25, 0.3) is 16.2 Å². The number of benzene rings is 2. The van der Waals surface area contributed by atoms with Gasteiger partial charge in [0.15, 0.2) is 4.96 Å². The molecule has 4 nitrogen and oxygen atoms in total. The Balaban J connectivity index is 1.40. The lowest BCUT2D eigenvalue weighted by molar-refractivity contribution is -0.121. The predicted octanol–water partition coefficient (Wildman–Crippen LogP) is 4.76. The Labute approximate surface area is 166 Å². The number of hydrogen-bond donors (Lipinski definition) is 1. The Morgan fingerprint density at radius 3 is 2.61 bits per heavy atom. The number of aryl methyl sites for hydroxylation is 2. The van der Waals surface area contributed by atoms with Gasteiger partial charge in [-0.2, -0.15) is 0 Å². The Morgan fingerprint density at radius 2 is 1.89 bits per heavy atom. The van der Waals surface area contributed by atoms with Crippen LogP contribution in [0.15, 0.2) is 60.8 Å². The molecule has 1 amide bonds. The van der Waals surface area contributed by atoms with Gasteiger partial charge in [0.25, 0.3) is 0 Å². The van der Waals surface area contributed by atoms with Crippen LogP contribution in [0.2, 0.25) is 0 Å². The van der Waals surface area contributed by atoms with Crippen LogP contribution in [0, 0.1) is 12.7 Å². The van der Waals surface area contributed by atoms with Gasteiger partial charge in [0, 0.05) is 28.8 Å². The number of imidazole rings is 1. The molecule has 0 aliphatic heterocycles. The molecule has 0 aliphatic rings. The Hall–Kier alpha value is -2.99. The Bertz CT molecular complexity index is 1100. The minimum absolute atomic E-state index is 0.0429. The molecule has 0 spiro atoms. The molecule has 0 radical (unpaired) electrons. The van der Waals surface area contributed by atoms with Gasteiger partial charge in [-0.25, -0.2) is 9.37 Å². The van der Waals surface area contributed by atoms with E-state index in [0.29, 0.717) is 13.0 Å². The zero-order valence-electron chi connectivity index (χ0n) is 15.5. The fourth-order valence-corrected chi connectivity index (χ4v) is 4.13. The highest BCUT2D eigenvalue weighted by Gasteiger charge is 2.13. The van der Waals surface area contributed by atoms with Gasteiger partial charge in [-0.3, -0.25) is 9.20 Å². The topological polar surface area (TPSA) is 46.4 Å². The molecular weight excluding hydrogens is 373 g/mol. The average molecular weight is 393 g/mol. The summed E-state index contributed by atoms with van der Waals surface area (Å²) in [4.78, 5) is 18.8. The minimum Gasteiger partial charge on any atom is -0.351 e. The molecule has 142 valence electrons. The van der Waals surface area contributed by atoms with Crippen molar-refractivity contribution in [1.29, 1.82) is 0 Å². The van der Waals surface area contributed by atoms with Crippen LogP contribution in [0.3, 0.4) is 0 Å². The monoisotopic (exact) mass is 393 g/mol. The lowest BCUT2D eigenvalue weighted by Gasteiger charge is -2.05. The van der Waals surface area contributed by atoms with E-state index < -0.39 is 0 Å². The summed E-state index contributed by atoms with van der Waals surface area (Å²) in [6.45, 7) is 2.52. The second-order valence-electron chi connectivity index (χ2n) is 6.66. The first-order valence-corrected chi connectivity index (χ1v) is 9.96. The summed E-state index contributed by atoms with van der Waals surface area (Å²) in [5.41, 5.74) is 3.92. The van der Waals surface area contributed by atoms with E-state index >= 15 is 0 Å². The summed E-state index contributed by atoms with van der Waals surface area (Å²) in [6.07, 6.45) is 3.16. The van der Waals surface area contributed by atoms with Gasteiger partial charge in [-0.05, 0) is 43.2 Å². The number of aromatic nitrogens is 2. The summed E-state index contributed by atoms with van der Waals surface area (Å²) < 4.78 is 15.1. The van der Waals surface area contributed by atoms with Crippen LogP contribution in [-0.2, 0) is 17.8 Å². The van der Waals surface area contributed by atoms with E-state index in [9.17, 15) is 9.18 Å². The second-order valence-corrected chi connectivity index (χ2v) is 7.72. The lowest BCUT2D eigenvalue weighted by Crippen LogP contribution is -2.22. The molecule has 0 atom stereocenters. The maximum atomic E-state index is 13.1. The predicted molar refractivity (Wildman–Crippen MR) is 110 cm³/mol. The van der Waals surface area contributed by atoms with Gasteiger partial charge < -0.3 is 5.32 Å². The van der Waals surface area contributed by atoms with E-state index in [0.717, 1.165) is 38.8 Å². The van der Waals surface area contributed by atoms with Gasteiger partial charge >= 0.3 is 0 Å². The molecule has 6 heteroatoms. The van der Waals surface area contributed by atoms with E-state index in [-0.39, 0.29) is 11.7 Å². The van der Waals surface area contributed by atoms with Crippen molar-refractivity contribution in [2.24, 2.45) is 0 Å². The number of halogens is 1. The van der Waals surface area contributed by atoms with Gasteiger partial charge in [0.05, 0.1) is 12.2 Å². The molecule has 4 rings (SSSR count). The van der Waals surface area contributed by atoms with Gasteiger partial charge in [0.1, 0.15) is 5.82 Å². The van der Waals surface area contributed by atoms with Crippen molar-refractivity contribution in [2.75, 3.05) is 0 Å². The number of rotatable bonds is 6. The number of nitrogens with zero attached hydrogens (tertiary/aromatic N) is 2. The normalized spacial score (nSPS) is 11.1. The molecular formula is C22H20FN3OS. The Morgan fingerprint density at radius 1 is 1.14 bits per heavy atom. The smallest absolute Gasteiger partial charge is 0.220 e. The molecule has 2 heterocycles. The zero-order valence-corrected chi connectivity index (χ0v) is 16.3. The molecule has 0 unspecified atom stereocenters. The van der Waals surface area contributed by atoms with E-state index in [1.165, 1.54) is 12.1 Å². The average Bonchev–Trinajstić information content (AvgIpc) is 3.25. The first kappa shape index (κ1) is 18.4. The van der Waals surface area contributed by atoms with Crippen LogP contribution in [0.5, 0.6) is 0 Å². The van der Waals surface area contributed by atoms with E-state index in [4.69, 9.17) is 0 Å². The third-order valence-electron chi connectivity index (χ3n) is 4.72. The SMILES string of the molecule is Cc1c(CNC(=O)CCc2ccccc2)sc2nc(-c3ccc(F)cc3)cn12.